The monoisotopic (exact) mass is 196 g/mol. The van der Waals surface area contributed by atoms with Crippen LogP contribution in [0.1, 0.15) is 64.2 Å². The van der Waals surface area contributed by atoms with Gasteiger partial charge in [-0.15, -0.1) is 0 Å². The first-order chi connectivity index (χ1) is 7.00. The summed E-state index contributed by atoms with van der Waals surface area (Å²) in [6, 6.07) is 0. The quantitative estimate of drug-likeness (QED) is 0.623. The minimum Gasteiger partial charge on any atom is -0.317 e. The Balaban J connectivity index is 2.00. The van der Waals surface area contributed by atoms with Gasteiger partial charge in [-0.2, -0.15) is 0 Å². The normalized spacial score (nSPS) is 24.0. The summed E-state index contributed by atoms with van der Waals surface area (Å²) >= 11 is 0. The van der Waals surface area contributed by atoms with E-state index in [-0.39, 0.29) is 0 Å². The van der Waals surface area contributed by atoms with Crippen LogP contribution in [-0.2, 0) is 0 Å². The van der Waals surface area contributed by atoms with Gasteiger partial charge in [0, 0.05) is 0 Å². The summed E-state index contributed by atoms with van der Waals surface area (Å²) < 4.78 is 0. The Labute approximate surface area is 89.7 Å². The lowest BCUT2D eigenvalue weighted by Crippen LogP contribution is -2.16. The van der Waals surface area contributed by atoms with Crippen molar-refractivity contribution in [2.75, 3.05) is 13.1 Å². The molecule has 1 N–H and O–H groups in total. The molecule has 0 aromatic heterocycles. The van der Waals surface area contributed by atoms with E-state index in [4.69, 9.17) is 0 Å². The van der Waals surface area contributed by atoms with Gasteiger partial charge < -0.3 is 5.32 Å². The van der Waals surface area contributed by atoms with Crippen LogP contribution >= 0.6 is 0 Å². The molecule has 1 heteroatoms. The van der Waals surface area contributed by atoms with Gasteiger partial charge >= 0.3 is 0 Å². The number of nitrogens with one attached hydrogen (secondary N) is 1. The van der Waals surface area contributed by atoms with E-state index in [2.05, 4.69) is 11.7 Å². The van der Waals surface area contributed by atoms with Crippen molar-refractivity contribution in [2.24, 2.45) is 0 Å². The Bertz CT molecular complexity index is 58.5. The lowest BCUT2D eigenvalue weighted by Gasteiger charge is -2.07. The summed E-state index contributed by atoms with van der Waals surface area (Å²) in [6.45, 7) is 2.45. The van der Waals surface area contributed by atoms with Crippen LogP contribution in [0.25, 0.3) is 0 Å². The topological polar surface area (TPSA) is 12.0 Å². The molecule has 1 rings (SSSR count). The first kappa shape index (κ1) is 12.0. The molecule has 1 saturated heterocycles. The summed E-state index contributed by atoms with van der Waals surface area (Å²) in [4.78, 5) is 0. The minimum absolute atomic E-state index is 1.22. The third-order valence-corrected chi connectivity index (χ3v) is 3.02. The highest BCUT2D eigenvalue weighted by atomic mass is 14.8. The van der Waals surface area contributed by atoms with Crippen LogP contribution in [0.15, 0.2) is 0 Å². The lowest BCUT2D eigenvalue weighted by atomic mass is 10.1. The fourth-order valence-electron chi connectivity index (χ4n) is 2.06. The molecule has 0 aliphatic carbocycles. The van der Waals surface area contributed by atoms with Gasteiger partial charge in [-0.25, -0.2) is 0 Å². The zero-order valence-corrected chi connectivity index (χ0v) is 9.56. The van der Waals surface area contributed by atoms with Gasteiger partial charge in [0.25, 0.3) is 0 Å². The molecule has 0 aromatic rings. The van der Waals surface area contributed by atoms with Crippen molar-refractivity contribution in [3.8, 4) is 0 Å². The molecule has 0 spiro atoms. The molecule has 83 valence electrons. The average Bonchev–Trinajstić information content (AvgIpc) is 2.22. The largest absolute Gasteiger partial charge is 0.317 e. The first-order valence-corrected chi connectivity index (χ1v) is 6.52. The van der Waals surface area contributed by atoms with E-state index in [0.29, 0.717) is 0 Å². The highest BCUT2D eigenvalue weighted by Gasteiger charge is 1.95. The van der Waals surface area contributed by atoms with Crippen molar-refractivity contribution in [3.63, 3.8) is 0 Å². The van der Waals surface area contributed by atoms with Crippen molar-refractivity contribution in [1.82, 2.24) is 5.32 Å². The number of hydrogen-bond acceptors (Lipinski definition) is 1. The van der Waals surface area contributed by atoms with Crippen LogP contribution in [0.3, 0.4) is 0 Å². The molecule has 0 saturated carbocycles. The maximum atomic E-state index is 3.52. The zero-order valence-electron chi connectivity index (χ0n) is 9.56. The molecular formula is C13H26N. The molecular weight excluding hydrogens is 170 g/mol. The second kappa shape index (κ2) is 9.51. The highest BCUT2D eigenvalue weighted by Crippen LogP contribution is 2.11. The third kappa shape index (κ3) is 7.37. The van der Waals surface area contributed by atoms with Crippen molar-refractivity contribution in [3.05, 3.63) is 6.42 Å². The summed E-state index contributed by atoms with van der Waals surface area (Å²) in [5.41, 5.74) is 0. The van der Waals surface area contributed by atoms with Crippen LogP contribution in [0.4, 0.5) is 0 Å². The molecule has 0 bridgehead atoms. The van der Waals surface area contributed by atoms with Crippen molar-refractivity contribution >= 4 is 0 Å². The van der Waals surface area contributed by atoms with E-state index in [0.717, 1.165) is 0 Å². The smallest absolute Gasteiger partial charge is 0.00488 e. The molecule has 0 atom stereocenters. The van der Waals surface area contributed by atoms with Gasteiger partial charge in [0.2, 0.25) is 0 Å². The van der Waals surface area contributed by atoms with E-state index >= 15 is 0 Å². The number of rotatable bonds is 0. The Morgan fingerprint density at radius 3 is 2.00 bits per heavy atom. The van der Waals surface area contributed by atoms with Crippen LogP contribution in [0.5, 0.6) is 0 Å². The SMILES string of the molecule is [CH]1CCCCCCCCCNCCC1. The summed E-state index contributed by atoms with van der Waals surface area (Å²) in [5, 5.41) is 3.52. The Kier molecular flexibility index (Phi) is 8.18. The molecule has 1 nitrogen and oxygen atoms in total. The van der Waals surface area contributed by atoms with Gasteiger partial charge in [0.15, 0.2) is 0 Å². The van der Waals surface area contributed by atoms with Gasteiger partial charge in [0.1, 0.15) is 0 Å². The van der Waals surface area contributed by atoms with Crippen LogP contribution < -0.4 is 5.32 Å². The predicted octanol–water partition coefficient (Wildman–Crippen LogP) is 3.69. The highest BCUT2D eigenvalue weighted by molar-refractivity contribution is 4.65. The second-order valence-electron chi connectivity index (χ2n) is 4.44. The zero-order chi connectivity index (χ0) is 9.90. The minimum atomic E-state index is 1.22. The third-order valence-electron chi connectivity index (χ3n) is 3.02. The van der Waals surface area contributed by atoms with E-state index in [9.17, 15) is 0 Å². The van der Waals surface area contributed by atoms with Crippen LogP contribution in [0.2, 0.25) is 0 Å². The van der Waals surface area contributed by atoms with Crippen LogP contribution in [-0.4, -0.2) is 13.1 Å². The molecule has 14 heavy (non-hydrogen) atoms. The van der Waals surface area contributed by atoms with E-state index in [1.165, 1.54) is 77.3 Å². The lowest BCUT2D eigenvalue weighted by molar-refractivity contribution is 0.538. The van der Waals surface area contributed by atoms with Gasteiger partial charge in [-0.3, -0.25) is 0 Å². The fraction of sp³-hybridized carbons (Fsp3) is 0.923. The molecule has 0 unspecified atom stereocenters. The van der Waals surface area contributed by atoms with E-state index < -0.39 is 0 Å². The van der Waals surface area contributed by atoms with Gasteiger partial charge in [-0.1, -0.05) is 44.9 Å². The first-order valence-electron chi connectivity index (χ1n) is 6.52. The molecule has 1 radical (unpaired) electrons. The van der Waals surface area contributed by atoms with Gasteiger partial charge in [0.05, 0.1) is 0 Å². The maximum Gasteiger partial charge on any atom is -0.00488 e. The Morgan fingerprint density at radius 2 is 1.14 bits per heavy atom. The molecule has 1 aliphatic rings. The fourth-order valence-corrected chi connectivity index (χ4v) is 2.06. The summed E-state index contributed by atoms with van der Waals surface area (Å²) in [5.74, 6) is 0. The summed E-state index contributed by atoms with van der Waals surface area (Å²) in [6.07, 6.45) is 16.5. The molecule has 0 amide bonds. The van der Waals surface area contributed by atoms with Crippen molar-refractivity contribution in [1.29, 1.82) is 0 Å². The van der Waals surface area contributed by atoms with E-state index in [1.807, 2.05) is 0 Å². The Morgan fingerprint density at radius 1 is 0.571 bits per heavy atom. The summed E-state index contributed by atoms with van der Waals surface area (Å²) in [7, 11) is 0. The Hall–Kier alpha value is -0.0400. The maximum absolute atomic E-state index is 3.52. The molecule has 1 aliphatic heterocycles. The van der Waals surface area contributed by atoms with Crippen LogP contribution in [0, 0.1) is 6.42 Å². The van der Waals surface area contributed by atoms with Crippen molar-refractivity contribution in [2.45, 2.75) is 64.2 Å². The van der Waals surface area contributed by atoms with Gasteiger partial charge in [-0.05, 0) is 38.8 Å². The standard InChI is InChI=1S/C13H26N/c1-2-4-6-8-10-12-14-13-11-9-7-5-3-1/h6,14H,1-5,7-13H2. The average molecular weight is 196 g/mol. The predicted molar refractivity (Wildman–Crippen MR) is 63.3 cm³/mol. The number of hydrogen-bond donors (Lipinski definition) is 1. The van der Waals surface area contributed by atoms with E-state index in [1.54, 1.807) is 0 Å². The molecule has 0 aromatic carbocycles. The molecule has 1 heterocycles. The molecule has 1 fully saturated rings. The van der Waals surface area contributed by atoms with Crippen molar-refractivity contribution < 1.29 is 0 Å². The second-order valence-corrected chi connectivity index (χ2v) is 4.44.